The highest BCUT2D eigenvalue weighted by molar-refractivity contribution is 5.86. The Kier molecular flexibility index (Phi) is 8.03. The number of carbonyl (C=O) groups is 1. The standard InChI is InChI=1S/C6H10O3.C2H4/c1-4(2)6(8)9-5(3)7;1-2/h5,7H,1H2,2-3H3;1-2H2. The van der Waals surface area contributed by atoms with Gasteiger partial charge in [-0.25, -0.2) is 4.79 Å². The molecule has 0 amide bonds. The maximum Gasteiger partial charge on any atom is 0.335 e. The van der Waals surface area contributed by atoms with Crippen LogP contribution in [0.1, 0.15) is 13.8 Å². The third kappa shape index (κ3) is 8.91. The lowest BCUT2D eigenvalue weighted by Crippen LogP contribution is -2.13. The summed E-state index contributed by atoms with van der Waals surface area (Å²) in [5.74, 6) is -0.565. The van der Waals surface area contributed by atoms with Crippen molar-refractivity contribution in [3.05, 3.63) is 25.3 Å². The van der Waals surface area contributed by atoms with Crippen molar-refractivity contribution >= 4 is 5.97 Å². The number of aliphatic hydroxyl groups excluding tert-OH is 1. The molecule has 0 saturated heterocycles. The second kappa shape index (κ2) is 7.02. The smallest absolute Gasteiger partial charge is 0.335 e. The van der Waals surface area contributed by atoms with Crippen LogP contribution in [0.5, 0.6) is 0 Å². The van der Waals surface area contributed by atoms with Gasteiger partial charge in [-0.1, -0.05) is 6.58 Å². The predicted octanol–water partition coefficient (Wildman–Crippen LogP) is 1.25. The van der Waals surface area contributed by atoms with Crippen LogP contribution in [0.25, 0.3) is 0 Å². The van der Waals surface area contributed by atoms with E-state index in [4.69, 9.17) is 5.11 Å². The van der Waals surface area contributed by atoms with Crippen LogP contribution in [-0.2, 0) is 9.53 Å². The fourth-order valence-corrected chi connectivity index (χ4v) is 0.255. The number of hydrogen-bond donors (Lipinski definition) is 1. The molecular formula is C8H14O3. The van der Waals surface area contributed by atoms with Gasteiger partial charge in [-0.3, -0.25) is 0 Å². The average molecular weight is 158 g/mol. The zero-order valence-electron chi connectivity index (χ0n) is 6.96. The quantitative estimate of drug-likeness (QED) is 0.285. The molecule has 0 rings (SSSR count). The van der Waals surface area contributed by atoms with Crippen LogP contribution < -0.4 is 0 Å². The maximum absolute atomic E-state index is 10.5. The average Bonchev–Trinajstić information content (AvgIpc) is 1.90. The van der Waals surface area contributed by atoms with Crippen molar-refractivity contribution in [3.63, 3.8) is 0 Å². The van der Waals surface area contributed by atoms with Crippen LogP contribution in [0.15, 0.2) is 25.3 Å². The van der Waals surface area contributed by atoms with Crippen LogP contribution in [0, 0.1) is 0 Å². The molecule has 1 atom stereocenters. The Balaban J connectivity index is 0. The Labute approximate surface area is 67.0 Å². The molecule has 0 heterocycles. The van der Waals surface area contributed by atoms with Gasteiger partial charge in [0.2, 0.25) is 0 Å². The highest BCUT2D eigenvalue weighted by atomic mass is 16.6. The van der Waals surface area contributed by atoms with E-state index < -0.39 is 12.3 Å². The molecule has 1 unspecified atom stereocenters. The van der Waals surface area contributed by atoms with E-state index in [1.54, 1.807) is 0 Å². The van der Waals surface area contributed by atoms with Gasteiger partial charge in [0, 0.05) is 5.57 Å². The van der Waals surface area contributed by atoms with E-state index in [1.165, 1.54) is 13.8 Å². The molecular weight excluding hydrogens is 144 g/mol. The molecule has 0 spiro atoms. The first-order valence-corrected chi connectivity index (χ1v) is 3.08. The van der Waals surface area contributed by atoms with E-state index in [0.29, 0.717) is 0 Å². The highest BCUT2D eigenvalue weighted by Crippen LogP contribution is 1.94. The van der Waals surface area contributed by atoms with Crippen LogP contribution in [-0.4, -0.2) is 17.4 Å². The Morgan fingerprint density at radius 1 is 1.55 bits per heavy atom. The van der Waals surface area contributed by atoms with Crippen LogP contribution in [0.2, 0.25) is 0 Å². The van der Waals surface area contributed by atoms with Gasteiger partial charge in [0.25, 0.3) is 0 Å². The lowest BCUT2D eigenvalue weighted by atomic mass is 10.4. The SMILES string of the molecule is C=C.C=C(C)C(=O)OC(C)O. The van der Waals surface area contributed by atoms with Crippen LogP contribution in [0.4, 0.5) is 0 Å². The molecule has 1 N–H and O–H groups in total. The summed E-state index contributed by atoms with van der Waals surface area (Å²) in [6, 6.07) is 0. The number of carbonyl (C=O) groups excluding carboxylic acids is 1. The van der Waals surface area contributed by atoms with Crippen molar-refractivity contribution in [1.29, 1.82) is 0 Å². The van der Waals surface area contributed by atoms with Crippen molar-refractivity contribution in [2.75, 3.05) is 0 Å². The monoisotopic (exact) mass is 158 g/mol. The first-order valence-electron chi connectivity index (χ1n) is 3.08. The molecule has 3 heteroatoms. The van der Waals surface area contributed by atoms with Gasteiger partial charge in [0.1, 0.15) is 0 Å². The molecule has 0 aliphatic rings. The molecule has 0 radical (unpaired) electrons. The predicted molar refractivity (Wildman–Crippen MR) is 43.8 cm³/mol. The normalized spacial score (nSPS) is 10.5. The third-order valence-electron chi connectivity index (χ3n) is 0.626. The van der Waals surface area contributed by atoms with E-state index in [0.717, 1.165) is 0 Å². The largest absolute Gasteiger partial charge is 0.433 e. The zero-order valence-corrected chi connectivity index (χ0v) is 6.96. The Morgan fingerprint density at radius 3 is 2.00 bits per heavy atom. The second-order valence-electron chi connectivity index (χ2n) is 1.78. The first-order chi connectivity index (χ1) is 5.04. The van der Waals surface area contributed by atoms with E-state index in [1.807, 2.05) is 0 Å². The van der Waals surface area contributed by atoms with Gasteiger partial charge in [0.05, 0.1) is 0 Å². The first kappa shape index (κ1) is 12.6. The van der Waals surface area contributed by atoms with Crippen molar-refractivity contribution in [2.45, 2.75) is 20.1 Å². The minimum Gasteiger partial charge on any atom is -0.433 e. The number of rotatable bonds is 2. The van der Waals surface area contributed by atoms with Crippen molar-refractivity contribution in [2.24, 2.45) is 0 Å². The molecule has 0 aromatic rings. The summed E-state index contributed by atoms with van der Waals surface area (Å²) in [5, 5.41) is 8.49. The fourth-order valence-electron chi connectivity index (χ4n) is 0.255. The lowest BCUT2D eigenvalue weighted by molar-refractivity contribution is -0.159. The molecule has 0 aromatic carbocycles. The number of esters is 1. The fraction of sp³-hybridized carbons (Fsp3) is 0.375. The Morgan fingerprint density at radius 2 is 1.91 bits per heavy atom. The van der Waals surface area contributed by atoms with Gasteiger partial charge in [-0.2, -0.15) is 0 Å². The Bertz CT molecular complexity index is 138. The van der Waals surface area contributed by atoms with Crippen molar-refractivity contribution in [3.8, 4) is 0 Å². The molecule has 0 aromatic heterocycles. The minimum atomic E-state index is -1.05. The molecule has 0 aliphatic heterocycles. The zero-order chi connectivity index (χ0) is 9.44. The summed E-state index contributed by atoms with van der Waals surface area (Å²) in [6.45, 7) is 12.2. The van der Waals surface area contributed by atoms with Gasteiger partial charge in [-0.05, 0) is 13.8 Å². The summed E-state index contributed by atoms with van der Waals surface area (Å²) < 4.78 is 4.33. The van der Waals surface area contributed by atoms with E-state index in [2.05, 4.69) is 24.5 Å². The van der Waals surface area contributed by atoms with E-state index in [9.17, 15) is 4.79 Å². The maximum atomic E-state index is 10.5. The lowest BCUT2D eigenvalue weighted by Gasteiger charge is -2.04. The van der Waals surface area contributed by atoms with Crippen molar-refractivity contribution in [1.82, 2.24) is 0 Å². The molecule has 3 nitrogen and oxygen atoms in total. The minimum absolute atomic E-state index is 0.288. The number of hydrogen-bond acceptors (Lipinski definition) is 3. The summed E-state index contributed by atoms with van der Waals surface area (Å²) in [4.78, 5) is 10.5. The van der Waals surface area contributed by atoms with E-state index >= 15 is 0 Å². The summed E-state index contributed by atoms with van der Waals surface area (Å²) in [5.41, 5.74) is 0.288. The van der Waals surface area contributed by atoms with Gasteiger partial charge >= 0.3 is 5.97 Å². The van der Waals surface area contributed by atoms with Gasteiger partial charge in [-0.15, -0.1) is 13.2 Å². The van der Waals surface area contributed by atoms with Crippen LogP contribution in [0.3, 0.4) is 0 Å². The third-order valence-corrected chi connectivity index (χ3v) is 0.626. The second-order valence-corrected chi connectivity index (χ2v) is 1.78. The number of aliphatic hydroxyl groups is 1. The van der Waals surface area contributed by atoms with Crippen LogP contribution >= 0.6 is 0 Å². The molecule has 0 fully saturated rings. The van der Waals surface area contributed by atoms with Gasteiger partial charge in [0.15, 0.2) is 6.29 Å². The molecule has 0 aliphatic carbocycles. The summed E-state index contributed by atoms with van der Waals surface area (Å²) >= 11 is 0. The molecule has 64 valence electrons. The molecule has 0 bridgehead atoms. The Hall–Kier alpha value is -1.09. The summed E-state index contributed by atoms with van der Waals surface area (Å²) in [7, 11) is 0. The molecule has 11 heavy (non-hydrogen) atoms. The van der Waals surface area contributed by atoms with E-state index in [-0.39, 0.29) is 5.57 Å². The van der Waals surface area contributed by atoms with Crippen molar-refractivity contribution < 1.29 is 14.6 Å². The number of ether oxygens (including phenoxy) is 1. The highest BCUT2D eigenvalue weighted by Gasteiger charge is 2.04. The van der Waals surface area contributed by atoms with Gasteiger partial charge < -0.3 is 9.84 Å². The summed E-state index contributed by atoms with van der Waals surface area (Å²) in [6.07, 6.45) is -1.05. The molecule has 0 saturated carbocycles. The topological polar surface area (TPSA) is 46.5 Å².